The number of hydrogen-bond donors (Lipinski definition) is 0. The van der Waals surface area contributed by atoms with Crippen LogP contribution in [0.2, 0.25) is 0 Å². The molecule has 2 aromatic carbocycles. The lowest BCUT2D eigenvalue weighted by Gasteiger charge is -2.45. The number of unbranched alkanes of at least 4 members (excludes halogenated alkanes) is 1. The standard InChI is InChI=1S/C30H33N3O/c1-3-12-28-25(9-1)22-34-23-30(28)14-18-32(19-15-30)17-6-5-8-24-21-33(26-10-7-16-31-20-26)29-13-4-2-11-27(24)29/h1-4,7,9-13,16,20-21H,5-6,8,14-15,17-19,22-23H2. The van der Waals surface area contributed by atoms with Crippen LogP contribution in [0.25, 0.3) is 16.6 Å². The normalized spacial score (nSPS) is 17.8. The van der Waals surface area contributed by atoms with E-state index in [0.29, 0.717) is 0 Å². The maximum atomic E-state index is 6.02. The molecule has 0 radical (unpaired) electrons. The fourth-order valence-electron chi connectivity index (χ4n) is 6.03. The van der Waals surface area contributed by atoms with Gasteiger partial charge in [0.1, 0.15) is 0 Å². The van der Waals surface area contributed by atoms with Gasteiger partial charge in [0.25, 0.3) is 0 Å². The molecule has 0 saturated carbocycles. The van der Waals surface area contributed by atoms with Crippen molar-refractivity contribution >= 4 is 10.9 Å². The molecule has 0 atom stereocenters. The third-order valence-corrected chi connectivity index (χ3v) is 7.93. The summed E-state index contributed by atoms with van der Waals surface area (Å²) in [6.45, 7) is 5.22. The number of aromatic nitrogens is 2. The highest BCUT2D eigenvalue weighted by Gasteiger charge is 2.39. The number of pyridine rings is 1. The highest BCUT2D eigenvalue weighted by Crippen LogP contribution is 2.40. The van der Waals surface area contributed by atoms with Gasteiger partial charge in [-0.3, -0.25) is 4.98 Å². The number of benzene rings is 2. The second-order valence-electron chi connectivity index (χ2n) is 9.98. The molecule has 0 bridgehead atoms. The fraction of sp³-hybridized carbons (Fsp3) is 0.367. The summed E-state index contributed by atoms with van der Waals surface area (Å²) in [6.07, 6.45) is 12.1. The predicted octanol–water partition coefficient (Wildman–Crippen LogP) is 5.91. The van der Waals surface area contributed by atoms with Crippen LogP contribution in [-0.4, -0.2) is 40.7 Å². The van der Waals surface area contributed by atoms with Gasteiger partial charge in [-0.2, -0.15) is 0 Å². The van der Waals surface area contributed by atoms with Crippen LogP contribution in [0.15, 0.2) is 79.3 Å². The summed E-state index contributed by atoms with van der Waals surface area (Å²) in [5.74, 6) is 0. The molecule has 4 aromatic rings. The number of para-hydroxylation sites is 1. The van der Waals surface area contributed by atoms with Crippen molar-refractivity contribution in [1.29, 1.82) is 0 Å². The maximum Gasteiger partial charge on any atom is 0.0720 e. The Labute approximate surface area is 202 Å². The summed E-state index contributed by atoms with van der Waals surface area (Å²) < 4.78 is 8.30. The Kier molecular flexibility index (Phi) is 5.94. The van der Waals surface area contributed by atoms with Crippen molar-refractivity contribution in [1.82, 2.24) is 14.5 Å². The lowest BCUT2D eigenvalue weighted by molar-refractivity contribution is 0.0185. The first-order chi connectivity index (χ1) is 16.8. The van der Waals surface area contributed by atoms with Crippen molar-refractivity contribution in [3.05, 3.63) is 95.9 Å². The number of likely N-dealkylation sites (tertiary alicyclic amines) is 1. The fourth-order valence-corrected chi connectivity index (χ4v) is 6.03. The quantitative estimate of drug-likeness (QED) is 0.341. The van der Waals surface area contributed by atoms with E-state index in [1.54, 1.807) is 5.56 Å². The predicted molar refractivity (Wildman–Crippen MR) is 137 cm³/mol. The molecule has 4 heteroatoms. The molecule has 1 saturated heterocycles. The van der Waals surface area contributed by atoms with E-state index in [0.717, 1.165) is 25.3 Å². The average Bonchev–Trinajstić information content (AvgIpc) is 3.27. The zero-order valence-electron chi connectivity index (χ0n) is 19.8. The molecule has 0 N–H and O–H groups in total. The number of ether oxygens (including phenoxy) is 1. The minimum atomic E-state index is 0.236. The first-order valence-electron chi connectivity index (χ1n) is 12.7. The Morgan fingerprint density at radius 1 is 0.912 bits per heavy atom. The van der Waals surface area contributed by atoms with Gasteiger partial charge in [0.05, 0.1) is 30.6 Å². The first-order valence-corrected chi connectivity index (χ1v) is 12.7. The Hall–Kier alpha value is -2.95. The summed E-state index contributed by atoms with van der Waals surface area (Å²) in [7, 11) is 0. The topological polar surface area (TPSA) is 30.3 Å². The molecule has 2 aliphatic heterocycles. The van der Waals surface area contributed by atoms with E-state index in [1.807, 2.05) is 18.5 Å². The Balaban J connectivity index is 1.06. The van der Waals surface area contributed by atoms with E-state index in [2.05, 4.69) is 75.2 Å². The summed E-state index contributed by atoms with van der Waals surface area (Å²) in [4.78, 5) is 6.98. The number of aryl methyl sites for hydroxylation is 1. The summed E-state index contributed by atoms with van der Waals surface area (Å²) in [6, 6.07) is 21.8. The van der Waals surface area contributed by atoms with Crippen molar-refractivity contribution < 1.29 is 4.74 Å². The minimum absolute atomic E-state index is 0.236. The molecular formula is C30H33N3O. The van der Waals surface area contributed by atoms with Crippen LogP contribution in [0.4, 0.5) is 0 Å². The van der Waals surface area contributed by atoms with Gasteiger partial charge in [-0.1, -0.05) is 42.5 Å². The van der Waals surface area contributed by atoms with E-state index in [4.69, 9.17) is 4.74 Å². The summed E-state index contributed by atoms with van der Waals surface area (Å²) >= 11 is 0. The smallest absolute Gasteiger partial charge is 0.0720 e. The molecule has 1 fully saturated rings. The van der Waals surface area contributed by atoms with Gasteiger partial charge < -0.3 is 14.2 Å². The molecule has 0 amide bonds. The van der Waals surface area contributed by atoms with E-state index >= 15 is 0 Å². The monoisotopic (exact) mass is 451 g/mol. The van der Waals surface area contributed by atoms with Crippen LogP contribution in [0, 0.1) is 0 Å². The van der Waals surface area contributed by atoms with Crippen LogP contribution < -0.4 is 0 Å². The van der Waals surface area contributed by atoms with Crippen molar-refractivity contribution in [3.63, 3.8) is 0 Å². The molecule has 0 unspecified atom stereocenters. The highest BCUT2D eigenvalue weighted by molar-refractivity contribution is 5.85. The lowest BCUT2D eigenvalue weighted by atomic mass is 9.70. The number of hydrogen-bond acceptors (Lipinski definition) is 3. The van der Waals surface area contributed by atoms with Crippen LogP contribution in [0.5, 0.6) is 0 Å². The van der Waals surface area contributed by atoms with E-state index in [1.165, 1.54) is 67.3 Å². The summed E-state index contributed by atoms with van der Waals surface area (Å²) in [5, 5.41) is 1.36. The largest absolute Gasteiger partial charge is 0.376 e. The molecule has 2 aromatic heterocycles. The van der Waals surface area contributed by atoms with Gasteiger partial charge in [-0.05, 0) is 86.6 Å². The van der Waals surface area contributed by atoms with Crippen molar-refractivity contribution in [2.75, 3.05) is 26.2 Å². The van der Waals surface area contributed by atoms with Crippen molar-refractivity contribution in [3.8, 4) is 5.69 Å². The van der Waals surface area contributed by atoms with Crippen LogP contribution in [-0.2, 0) is 23.2 Å². The van der Waals surface area contributed by atoms with E-state index < -0.39 is 0 Å². The maximum absolute atomic E-state index is 6.02. The minimum Gasteiger partial charge on any atom is -0.376 e. The van der Waals surface area contributed by atoms with Crippen molar-refractivity contribution in [2.45, 2.75) is 44.1 Å². The van der Waals surface area contributed by atoms with Gasteiger partial charge >= 0.3 is 0 Å². The number of nitrogens with zero attached hydrogens (tertiary/aromatic N) is 3. The molecule has 1 spiro atoms. The molecule has 2 aliphatic rings. The lowest BCUT2D eigenvalue weighted by Crippen LogP contribution is -2.47. The molecule has 4 nitrogen and oxygen atoms in total. The third-order valence-electron chi connectivity index (χ3n) is 7.93. The van der Waals surface area contributed by atoms with Gasteiger partial charge in [0.2, 0.25) is 0 Å². The number of rotatable bonds is 6. The van der Waals surface area contributed by atoms with Gasteiger partial charge in [-0.25, -0.2) is 0 Å². The zero-order valence-corrected chi connectivity index (χ0v) is 19.8. The van der Waals surface area contributed by atoms with E-state index in [9.17, 15) is 0 Å². The van der Waals surface area contributed by atoms with E-state index in [-0.39, 0.29) is 5.41 Å². The Bertz CT molecular complexity index is 1250. The molecule has 6 rings (SSSR count). The van der Waals surface area contributed by atoms with Gasteiger partial charge in [0.15, 0.2) is 0 Å². The zero-order chi connectivity index (χ0) is 22.8. The Morgan fingerprint density at radius 3 is 2.65 bits per heavy atom. The second kappa shape index (κ2) is 9.36. The molecule has 174 valence electrons. The first kappa shape index (κ1) is 21.6. The van der Waals surface area contributed by atoms with Gasteiger partial charge in [0, 0.05) is 23.2 Å². The number of piperidine rings is 1. The molecule has 4 heterocycles. The van der Waals surface area contributed by atoms with Crippen LogP contribution in [0.1, 0.15) is 42.4 Å². The van der Waals surface area contributed by atoms with Gasteiger partial charge in [-0.15, -0.1) is 0 Å². The third kappa shape index (κ3) is 4.06. The highest BCUT2D eigenvalue weighted by atomic mass is 16.5. The molecular weight excluding hydrogens is 418 g/mol. The Morgan fingerprint density at radius 2 is 1.76 bits per heavy atom. The average molecular weight is 452 g/mol. The SMILES string of the molecule is c1cncc(-n2cc(CCCCN3CCC4(CC3)COCc3ccccc34)c3ccccc32)c1. The van der Waals surface area contributed by atoms with Crippen LogP contribution >= 0.6 is 0 Å². The molecule has 0 aliphatic carbocycles. The second-order valence-corrected chi connectivity index (χ2v) is 9.98. The van der Waals surface area contributed by atoms with Crippen LogP contribution in [0.3, 0.4) is 0 Å². The number of fused-ring (bicyclic) bond motifs is 3. The van der Waals surface area contributed by atoms with Crippen molar-refractivity contribution in [2.24, 2.45) is 0 Å². The summed E-state index contributed by atoms with van der Waals surface area (Å²) in [5.41, 5.74) is 7.01. The molecule has 34 heavy (non-hydrogen) atoms.